The fourth-order valence-corrected chi connectivity index (χ4v) is 2.22. The Hall–Kier alpha value is -1.62. The van der Waals surface area contributed by atoms with Crippen molar-refractivity contribution < 1.29 is 9.90 Å². The van der Waals surface area contributed by atoms with Crippen LogP contribution in [0.15, 0.2) is 23.7 Å². The number of carbonyl (C=O) groups is 1. The fraction of sp³-hybridized carbons (Fsp3) is 0.273. The first-order valence-corrected chi connectivity index (χ1v) is 5.84. The second kappa shape index (κ2) is 4.49. The van der Waals surface area contributed by atoms with E-state index in [1.165, 1.54) is 4.88 Å². The minimum atomic E-state index is -0.917. The third-order valence-corrected chi connectivity index (χ3v) is 3.28. The van der Waals surface area contributed by atoms with Crippen molar-refractivity contribution in [2.24, 2.45) is 0 Å². The molecule has 0 amide bonds. The van der Waals surface area contributed by atoms with Crippen LogP contribution in [0.1, 0.15) is 20.9 Å². The molecular formula is C11H12N2O2S. The van der Waals surface area contributed by atoms with Gasteiger partial charge in [0.15, 0.2) is 0 Å². The van der Waals surface area contributed by atoms with Crippen molar-refractivity contribution in [3.05, 3.63) is 39.8 Å². The third kappa shape index (κ3) is 2.30. The number of thiophene rings is 1. The van der Waals surface area contributed by atoms with Gasteiger partial charge in [-0.2, -0.15) is 5.10 Å². The fourth-order valence-electron chi connectivity index (χ4n) is 1.52. The molecule has 2 rings (SSSR count). The maximum Gasteiger partial charge on any atom is 0.339 e. The molecule has 0 aromatic carbocycles. The predicted molar refractivity (Wildman–Crippen MR) is 61.9 cm³/mol. The van der Waals surface area contributed by atoms with Crippen LogP contribution >= 0.6 is 11.3 Å². The number of rotatable bonds is 4. The maximum atomic E-state index is 10.8. The number of hydrogen-bond acceptors (Lipinski definition) is 3. The van der Waals surface area contributed by atoms with Crippen LogP contribution in [0.25, 0.3) is 0 Å². The molecule has 84 valence electrons. The summed E-state index contributed by atoms with van der Waals surface area (Å²) in [4.78, 5) is 12.1. The van der Waals surface area contributed by atoms with Gasteiger partial charge in [-0.25, -0.2) is 4.79 Å². The summed E-state index contributed by atoms with van der Waals surface area (Å²) in [5, 5.41) is 15.1. The molecular weight excluding hydrogens is 224 g/mol. The highest BCUT2D eigenvalue weighted by Gasteiger charge is 2.11. The lowest BCUT2D eigenvalue weighted by atomic mass is 10.3. The number of aromatic nitrogens is 2. The van der Waals surface area contributed by atoms with Crippen molar-refractivity contribution in [2.45, 2.75) is 19.9 Å². The number of carboxylic acids is 1. The molecule has 5 heteroatoms. The first kappa shape index (κ1) is 10.9. The van der Waals surface area contributed by atoms with Crippen molar-refractivity contribution in [1.82, 2.24) is 9.78 Å². The van der Waals surface area contributed by atoms with E-state index in [0.717, 1.165) is 6.42 Å². The number of carboxylic acid groups (broad SMARTS) is 1. The predicted octanol–water partition coefficient (Wildman–Crippen LogP) is 2.19. The van der Waals surface area contributed by atoms with Crippen LogP contribution in [-0.4, -0.2) is 20.9 Å². The largest absolute Gasteiger partial charge is 0.478 e. The Labute approximate surface area is 97.2 Å². The van der Waals surface area contributed by atoms with Gasteiger partial charge in [0, 0.05) is 24.0 Å². The zero-order valence-corrected chi connectivity index (χ0v) is 9.70. The average molecular weight is 236 g/mol. The number of nitrogens with zero attached hydrogens (tertiary/aromatic N) is 2. The molecule has 4 nitrogen and oxygen atoms in total. The van der Waals surface area contributed by atoms with Gasteiger partial charge in [-0.15, -0.1) is 11.3 Å². The van der Waals surface area contributed by atoms with Gasteiger partial charge in [0.2, 0.25) is 0 Å². The Morgan fingerprint density at radius 3 is 3.00 bits per heavy atom. The lowest BCUT2D eigenvalue weighted by molar-refractivity contribution is 0.0696. The zero-order chi connectivity index (χ0) is 11.5. The highest BCUT2D eigenvalue weighted by molar-refractivity contribution is 7.09. The molecule has 2 aromatic rings. The number of aromatic carboxylic acids is 1. The van der Waals surface area contributed by atoms with Crippen LogP contribution in [0, 0.1) is 6.92 Å². The van der Waals surface area contributed by atoms with Crippen molar-refractivity contribution in [2.75, 3.05) is 0 Å². The summed E-state index contributed by atoms with van der Waals surface area (Å²) in [6.45, 7) is 2.43. The Morgan fingerprint density at radius 1 is 1.62 bits per heavy atom. The molecule has 0 saturated carbocycles. The van der Waals surface area contributed by atoms with Crippen molar-refractivity contribution in [3.63, 3.8) is 0 Å². The Kier molecular flexibility index (Phi) is 3.05. The quantitative estimate of drug-likeness (QED) is 0.885. The van der Waals surface area contributed by atoms with E-state index in [4.69, 9.17) is 5.11 Å². The van der Waals surface area contributed by atoms with Crippen molar-refractivity contribution >= 4 is 17.3 Å². The molecule has 0 unspecified atom stereocenters. The first-order chi connectivity index (χ1) is 7.66. The highest BCUT2D eigenvalue weighted by atomic mass is 32.1. The van der Waals surface area contributed by atoms with E-state index in [-0.39, 0.29) is 5.56 Å². The standard InChI is InChI=1S/C11H12N2O2S/c1-8-10(11(14)15)7-13(12-8)5-4-9-3-2-6-16-9/h2-3,6-7H,4-5H2,1H3,(H,14,15). The van der Waals surface area contributed by atoms with E-state index in [1.54, 1.807) is 29.1 Å². The molecule has 2 aromatic heterocycles. The summed E-state index contributed by atoms with van der Waals surface area (Å²) in [5.74, 6) is -0.917. The van der Waals surface area contributed by atoms with Crippen molar-refractivity contribution in [3.8, 4) is 0 Å². The Bertz CT molecular complexity index is 488. The molecule has 16 heavy (non-hydrogen) atoms. The average Bonchev–Trinajstić information content (AvgIpc) is 2.83. The van der Waals surface area contributed by atoms with E-state index in [2.05, 4.69) is 11.2 Å². The molecule has 0 atom stereocenters. The van der Waals surface area contributed by atoms with Crippen LogP contribution in [0.4, 0.5) is 0 Å². The van der Waals surface area contributed by atoms with Crippen LogP contribution in [-0.2, 0) is 13.0 Å². The van der Waals surface area contributed by atoms with E-state index >= 15 is 0 Å². The molecule has 0 fully saturated rings. The molecule has 0 spiro atoms. The Balaban J connectivity index is 2.05. The second-order valence-electron chi connectivity index (χ2n) is 3.53. The van der Waals surface area contributed by atoms with Gasteiger partial charge in [0.25, 0.3) is 0 Å². The monoisotopic (exact) mass is 236 g/mol. The molecule has 2 heterocycles. The van der Waals surface area contributed by atoms with Gasteiger partial charge in [0.1, 0.15) is 5.56 Å². The topological polar surface area (TPSA) is 55.1 Å². The SMILES string of the molecule is Cc1nn(CCc2cccs2)cc1C(=O)O. The minimum Gasteiger partial charge on any atom is -0.478 e. The van der Waals surface area contributed by atoms with Crippen LogP contribution in [0.2, 0.25) is 0 Å². The molecule has 1 N–H and O–H groups in total. The van der Waals surface area contributed by atoms with Gasteiger partial charge < -0.3 is 5.11 Å². The summed E-state index contributed by atoms with van der Waals surface area (Å²) < 4.78 is 1.69. The molecule has 0 bridgehead atoms. The van der Waals surface area contributed by atoms with E-state index < -0.39 is 5.97 Å². The smallest absolute Gasteiger partial charge is 0.339 e. The molecule has 0 aliphatic heterocycles. The number of hydrogen-bond donors (Lipinski definition) is 1. The van der Waals surface area contributed by atoms with Crippen LogP contribution in [0.5, 0.6) is 0 Å². The van der Waals surface area contributed by atoms with E-state index in [9.17, 15) is 4.79 Å². The van der Waals surface area contributed by atoms with Gasteiger partial charge in [0.05, 0.1) is 5.69 Å². The van der Waals surface area contributed by atoms with Crippen LogP contribution in [0.3, 0.4) is 0 Å². The molecule has 0 aliphatic rings. The van der Waals surface area contributed by atoms with Gasteiger partial charge >= 0.3 is 5.97 Å². The molecule has 0 radical (unpaired) electrons. The van der Waals surface area contributed by atoms with Gasteiger partial charge in [-0.05, 0) is 18.4 Å². The first-order valence-electron chi connectivity index (χ1n) is 4.96. The van der Waals surface area contributed by atoms with Gasteiger partial charge in [-0.3, -0.25) is 4.68 Å². The van der Waals surface area contributed by atoms with Gasteiger partial charge in [-0.1, -0.05) is 6.07 Å². The maximum absolute atomic E-state index is 10.8. The summed E-state index contributed by atoms with van der Waals surface area (Å²) in [5.41, 5.74) is 0.852. The zero-order valence-electron chi connectivity index (χ0n) is 8.88. The molecule has 0 saturated heterocycles. The highest BCUT2D eigenvalue weighted by Crippen LogP contribution is 2.11. The summed E-state index contributed by atoms with van der Waals surface area (Å²) in [7, 11) is 0. The summed E-state index contributed by atoms with van der Waals surface area (Å²) >= 11 is 1.70. The third-order valence-electron chi connectivity index (χ3n) is 2.34. The second-order valence-corrected chi connectivity index (χ2v) is 4.56. The van der Waals surface area contributed by atoms with Crippen LogP contribution < -0.4 is 0 Å². The number of aryl methyl sites for hydroxylation is 3. The lowest BCUT2D eigenvalue weighted by Crippen LogP contribution is -2.01. The van der Waals surface area contributed by atoms with Crippen molar-refractivity contribution in [1.29, 1.82) is 0 Å². The summed E-state index contributed by atoms with van der Waals surface area (Å²) in [6.07, 6.45) is 2.48. The van der Waals surface area contributed by atoms with E-state index in [0.29, 0.717) is 12.2 Å². The van der Waals surface area contributed by atoms with E-state index in [1.807, 2.05) is 11.4 Å². The lowest BCUT2D eigenvalue weighted by Gasteiger charge is -1.98. The minimum absolute atomic E-state index is 0.283. The Morgan fingerprint density at radius 2 is 2.44 bits per heavy atom. The molecule has 0 aliphatic carbocycles. The summed E-state index contributed by atoms with van der Waals surface area (Å²) in [6, 6.07) is 4.08. The normalized spacial score (nSPS) is 10.6.